The van der Waals surface area contributed by atoms with Gasteiger partial charge in [-0.3, -0.25) is 0 Å². The molecule has 0 aliphatic carbocycles. The molecule has 5 nitrogen and oxygen atoms in total. The number of ether oxygens (including phenoxy) is 4. The van der Waals surface area contributed by atoms with Crippen LogP contribution in [-0.4, -0.2) is 27.3 Å². The SMILES string of the molecule is COc1cccc(/C=C/C(=O)OCc2cc(OC)ccc2OC)c1. The molecular formula is C19H20O5. The lowest BCUT2D eigenvalue weighted by Crippen LogP contribution is -2.02. The van der Waals surface area contributed by atoms with E-state index in [2.05, 4.69) is 0 Å². The number of hydrogen-bond acceptors (Lipinski definition) is 5. The molecule has 0 heterocycles. The van der Waals surface area contributed by atoms with Gasteiger partial charge < -0.3 is 18.9 Å². The maximum atomic E-state index is 11.9. The lowest BCUT2D eigenvalue weighted by atomic mass is 10.2. The molecule has 0 spiro atoms. The van der Waals surface area contributed by atoms with Gasteiger partial charge in [0.25, 0.3) is 0 Å². The fourth-order valence-electron chi connectivity index (χ4n) is 2.10. The second-order valence-electron chi connectivity index (χ2n) is 4.90. The summed E-state index contributed by atoms with van der Waals surface area (Å²) in [6, 6.07) is 12.7. The third-order valence-corrected chi connectivity index (χ3v) is 3.36. The van der Waals surface area contributed by atoms with Gasteiger partial charge in [0.1, 0.15) is 23.9 Å². The van der Waals surface area contributed by atoms with Crippen molar-refractivity contribution in [2.24, 2.45) is 0 Å². The largest absolute Gasteiger partial charge is 0.497 e. The number of esters is 1. The topological polar surface area (TPSA) is 54.0 Å². The maximum absolute atomic E-state index is 11.9. The number of methoxy groups -OCH3 is 3. The molecule has 24 heavy (non-hydrogen) atoms. The summed E-state index contributed by atoms with van der Waals surface area (Å²) < 4.78 is 20.8. The molecule has 0 radical (unpaired) electrons. The predicted molar refractivity (Wildman–Crippen MR) is 91.4 cm³/mol. The Hall–Kier alpha value is -2.95. The molecule has 0 saturated heterocycles. The quantitative estimate of drug-likeness (QED) is 0.575. The Bertz CT molecular complexity index is 721. The molecule has 0 amide bonds. The monoisotopic (exact) mass is 328 g/mol. The van der Waals surface area contributed by atoms with Gasteiger partial charge in [-0.15, -0.1) is 0 Å². The number of carbonyl (C=O) groups is 1. The second kappa shape index (κ2) is 8.62. The minimum absolute atomic E-state index is 0.0989. The number of hydrogen-bond donors (Lipinski definition) is 0. The van der Waals surface area contributed by atoms with E-state index in [-0.39, 0.29) is 6.61 Å². The van der Waals surface area contributed by atoms with Crippen LogP contribution in [0.2, 0.25) is 0 Å². The summed E-state index contributed by atoms with van der Waals surface area (Å²) in [4.78, 5) is 11.9. The van der Waals surface area contributed by atoms with Gasteiger partial charge in [0.2, 0.25) is 0 Å². The molecule has 5 heteroatoms. The second-order valence-corrected chi connectivity index (χ2v) is 4.90. The zero-order valence-corrected chi connectivity index (χ0v) is 13.9. The first-order chi connectivity index (χ1) is 11.7. The summed E-state index contributed by atoms with van der Waals surface area (Å²) >= 11 is 0. The van der Waals surface area contributed by atoms with Crippen molar-refractivity contribution in [3.05, 3.63) is 59.7 Å². The van der Waals surface area contributed by atoms with E-state index >= 15 is 0 Å². The van der Waals surface area contributed by atoms with Crippen LogP contribution in [-0.2, 0) is 16.1 Å². The Kier molecular flexibility index (Phi) is 6.25. The Labute approximate surface area is 141 Å². The van der Waals surface area contributed by atoms with Crippen LogP contribution in [0.3, 0.4) is 0 Å². The lowest BCUT2D eigenvalue weighted by Gasteiger charge is -2.10. The number of carbonyl (C=O) groups excluding carboxylic acids is 1. The standard InChI is InChI=1S/C19H20O5/c1-21-16-6-4-5-14(11-16)7-10-19(20)24-13-15-12-17(22-2)8-9-18(15)23-3/h4-12H,13H2,1-3H3/b10-7+. The van der Waals surface area contributed by atoms with Gasteiger partial charge in [0.05, 0.1) is 21.3 Å². The first kappa shape index (κ1) is 17.4. The van der Waals surface area contributed by atoms with Crippen LogP contribution in [0.25, 0.3) is 6.08 Å². The van der Waals surface area contributed by atoms with E-state index in [4.69, 9.17) is 18.9 Å². The predicted octanol–water partition coefficient (Wildman–Crippen LogP) is 3.47. The van der Waals surface area contributed by atoms with Crippen molar-refractivity contribution in [3.8, 4) is 17.2 Å². The van der Waals surface area contributed by atoms with Gasteiger partial charge >= 0.3 is 5.97 Å². The third-order valence-electron chi connectivity index (χ3n) is 3.36. The van der Waals surface area contributed by atoms with Gasteiger partial charge in [-0.25, -0.2) is 4.79 Å². The van der Waals surface area contributed by atoms with Crippen molar-refractivity contribution in [1.29, 1.82) is 0 Å². The molecule has 0 unspecified atom stereocenters. The lowest BCUT2D eigenvalue weighted by molar-refractivity contribution is -0.138. The van der Waals surface area contributed by atoms with Crippen molar-refractivity contribution in [2.45, 2.75) is 6.61 Å². The van der Waals surface area contributed by atoms with Crippen LogP contribution in [0.15, 0.2) is 48.5 Å². The van der Waals surface area contributed by atoms with E-state index in [0.29, 0.717) is 11.5 Å². The molecular weight excluding hydrogens is 308 g/mol. The molecule has 0 bridgehead atoms. The molecule has 0 atom stereocenters. The van der Waals surface area contributed by atoms with Gasteiger partial charge in [-0.2, -0.15) is 0 Å². The highest BCUT2D eigenvalue weighted by Gasteiger charge is 2.07. The number of rotatable bonds is 7. The molecule has 2 rings (SSSR count). The highest BCUT2D eigenvalue weighted by molar-refractivity contribution is 5.87. The van der Waals surface area contributed by atoms with E-state index in [0.717, 1.165) is 16.9 Å². The van der Waals surface area contributed by atoms with Gasteiger partial charge in [-0.05, 0) is 42.0 Å². The van der Waals surface area contributed by atoms with Crippen molar-refractivity contribution in [2.75, 3.05) is 21.3 Å². The Morgan fingerprint density at radius 2 is 1.71 bits per heavy atom. The van der Waals surface area contributed by atoms with Crippen LogP contribution in [0.1, 0.15) is 11.1 Å². The third kappa shape index (κ3) is 4.78. The van der Waals surface area contributed by atoms with E-state index in [9.17, 15) is 4.79 Å². The highest BCUT2D eigenvalue weighted by atomic mass is 16.5. The normalized spacial score (nSPS) is 10.5. The van der Waals surface area contributed by atoms with Gasteiger partial charge in [0.15, 0.2) is 0 Å². The molecule has 0 fully saturated rings. The average Bonchev–Trinajstić information content (AvgIpc) is 2.64. The molecule has 126 valence electrons. The van der Waals surface area contributed by atoms with E-state index in [1.54, 1.807) is 45.6 Å². The Morgan fingerprint density at radius 1 is 0.958 bits per heavy atom. The van der Waals surface area contributed by atoms with Gasteiger partial charge in [0, 0.05) is 11.6 Å². The summed E-state index contributed by atoms with van der Waals surface area (Å²) in [5, 5.41) is 0. The summed E-state index contributed by atoms with van der Waals surface area (Å²) in [5.74, 6) is 1.60. The fraction of sp³-hybridized carbons (Fsp3) is 0.211. The first-order valence-corrected chi connectivity index (χ1v) is 7.36. The van der Waals surface area contributed by atoms with Crippen molar-refractivity contribution >= 4 is 12.0 Å². The van der Waals surface area contributed by atoms with E-state index in [1.807, 2.05) is 24.3 Å². The summed E-state index contributed by atoms with van der Waals surface area (Å²) in [6.07, 6.45) is 3.05. The Balaban J connectivity index is 1.99. The zero-order valence-electron chi connectivity index (χ0n) is 13.9. The molecule has 0 saturated carbocycles. The number of benzene rings is 2. The van der Waals surface area contributed by atoms with E-state index in [1.165, 1.54) is 6.08 Å². The molecule has 2 aromatic carbocycles. The fourth-order valence-corrected chi connectivity index (χ4v) is 2.10. The highest BCUT2D eigenvalue weighted by Crippen LogP contribution is 2.24. The van der Waals surface area contributed by atoms with Crippen LogP contribution in [0.5, 0.6) is 17.2 Å². The molecule has 0 N–H and O–H groups in total. The van der Waals surface area contributed by atoms with Crippen LogP contribution in [0.4, 0.5) is 0 Å². The molecule has 2 aromatic rings. The minimum Gasteiger partial charge on any atom is -0.497 e. The maximum Gasteiger partial charge on any atom is 0.331 e. The van der Waals surface area contributed by atoms with Crippen LogP contribution < -0.4 is 14.2 Å². The van der Waals surface area contributed by atoms with Crippen LogP contribution >= 0.6 is 0 Å². The van der Waals surface area contributed by atoms with Gasteiger partial charge in [-0.1, -0.05) is 12.1 Å². The van der Waals surface area contributed by atoms with Crippen molar-refractivity contribution < 1.29 is 23.7 Å². The molecule has 0 aliphatic heterocycles. The van der Waals surface area contributed by atoms with Crippen molar-refractivity contribution in [1.82, 2.24) is 0 Å². The summed E-state index contributed by atoms with van der Waals surface area (Å²) in [7, 11) is 4.74. The summed E-state index contributed by atoms with van der Waals surface area (Å²) in [5.41, 5.74) is 1.59. The molecule has 0 aromatic heterocycles. The van der Waals surface area contributed by atoms with Crippen LogP contribution in [0, 0.1) is 0 Å². The minimum atomic E-state index is -0.442. The smallest absolute Gasteiger partial charge is 0.331 e. The van der Waals surface area contributed by atoms with E-state index < -0.39 is 5.97 Å². The van der Waals surface area contributed by atoms with Crippen molar-refractivity contribution in [3.63, 3.8) is 0 Å². The summed E-state index contributed by atoms with van der Waals surface area (Å²) in [6.45, 7) is 0.0989. The first-order valence-electron chi connectivity index (χ1n) is 7.36. The average molecular weight is 328 g/mol. The Morgan fingerprint density at radius 3 is 2.42 bits per heavy atom. The molecule has 0 aliphatic rings. The zero-order chi connectivity index (χ0) is 17.4.